The summed E-state index contributed by atoms with van der Waals surface area (Å²) in [6.45, 7) is 11.6. The molecule has 21 heavy (non-hydrogen) atoms. The molecule has 2 nitrogen and oxygen atoms in total. The Morgan fingerprint density at radius 1 is 1.19 bits per heavy atom. The molecule has 1 aromatic carbocycles. The predicted molar refractivity (Wildman–Crippen MR) is 91.5 cm³/mol. The van der Waals surface area contributed by atoms with Crippen LogP contribution in [0.3, 0.4) is 0 Å². The second-order valence-corrected chi connectivity index (χ2v) is 6.87. The number of para-hydroxylation sites is 1. The van der Waals surface area contributed by atoms with Gasteiger partial charge in [0.2, 0.25) is 0 Å². The molecule has 0 fully saturated rings. The van der Waals surface area contributed by atoms with Crippen LogP contribution in [0.15, 0.2) is 30.3 Å². The van der Waals surface area contributed by atoms with Gasteiger partial charge >= 0.3 is 0 Å². The Balaban J connectivity index is 2.42. The zero-order chi connectivity index (χ0) is 15.4. The number of rotatable bonds is 6. The second-order valence-electron chi connectivity index (χ2n) is 5.58. The summed E-state index contributed by atoms with van der Waals surface area (Å²) in [5.74, 6) is 0.974. The minimum atomic E-state index is 0.181. The van der Waals surface area contributed by atoms with E-state index >= 15 is 0 Å². The van der Waals surface area contributed by atoms with Crippen molar-refractivity contribution in [1.29, 1.82) is 0 Å². The summed E-state index contributed by atoms with van der Waals surface area (Å²) in [6, 6.07) is 10.8. The topological polar surface area (TPSA) is 21.3 Å². The maximum atomic E-state index is 6.00. The molecule has 0 spiro atoms. The van der Waals surface area contributed by atoms with Gasteiger partial charge in [-0.1, -0.05) is 25.1 Å². The molecule has 1 unspecified atom stereocenters. The van der Waals surface area contributed by atoms with E-state index in [1.165, 1.54) is 20.9 Å². The lowest BCUT2D eigenvalue weighted by atomic mass is 10.0. The predicted octanol–water partition coefficient (Wildman–Crippen LogP) is 4.85. The maximum Gasteiger partial charge on any atom is 0.124 e. The van der Waals surface area contributed by atoms with Gasteiger partial charge in [-0.05, 0) is 51.9 Å². The number of thiophene rings is 1. The van der Waals surface area contributed by atoms with E-state index in [1.54, 1.807) is 0 Å². The van der Waals surface area contributed by atoms with Crippen LogP contribution in [0.25, 0.3) is 0 Å². The summed E-state index contributed by atoms with van der Waals surface area (Å²) in [5.41, 5.74) is 2.58. The van der Waals surface area contributed by atoms with E-state index in [2.05, 4.69) is 64.2 Å². The number of aryl methyl sites for hydroxylation is 2. The fourth-order valence-corrected chi connectivity index (χ4v) is 3.53. The van der Waals surface area contributed by atoms with Crippen LogP contribution in [0.1, 0.15) is 47.7 Å². The lowest BCUT2D eigenvalue weighted by Gasteiger charge is -2.21. The van der Waals surface area contributed by atoms with Crippen molar-refractivity contribution in [1.82, 2.24) is 5.32 Å². The number of hydrogen-bond acceptors (Lipinski definition) is 3. The third kappa shape index (κ3) is 3.86. The van der Waals surface area contributed by atoms with E-state index in [1.807, 2.05) is 17.4 Å². The zero-order valence-electron chi connectivity index (χ0n) is 13.6. The molecule has 0 aliphatic carbocycles. The molecule has 0 saturated heterocycles. The number of nitrogens with one attached hydrogen (secondary N) is 1. The first-order valence-corrected chi connectivity index (χ1v) is 8.40. The van der Waals surface area contributed by atoms with Gasteiger partial charge in [-0.3, -0.25) is 0 Å². The molecule has 1 heterocycles. The Kier molecular flexibility index (Phi) is 5.43. The van der Waals surface area contributed by atoms with Crippen molar-refractivity contribution in [3.8, 4) is 5.75 Å². The van der Waals surface area contributed by atoms with Crippen molar-refractivity contribution < 1.29 is 4.74 Å². The quantitative estimate of drug-likeness (QED) is 0.823. The van der Waals surface area contributed by atoms with Crippen LogP contribution in [-0.4, -0.2) is 12.6 Å². The monoisotopic (exact) mass is 303 g/mol. The molecule has 0 bridgehead atoms. The van der Waals surface area contributed by atoms with E-state index in [4.69, 9.17) is 4.74 Å². The molecule has 0 aliphatic heterocycles. The molecule has 3 heteroatoms. The third-order valence-electron chi connectivity index (χ3n) is 3.47. The number of hydrogen-bond donors (Lipinski definition) is 1. The molecule has 0 aliphatic rings. The summed E-state index contributed by atoms with van der Waals surface area (Å²) in [5, 5.41) is 3.60. The highest BCUT2D eigenvalue weighted by Crippen LogP contribution is 2.35. The lowest BCUT2D eigenvalue weighted by Crippen LogP contribution is -2.22. The van der Waals surface area contributed by atoms with E-state index in [-0.39, 0.29) is 12.1 Å². The van der Waals surface area contributed by atoms with Crippen molar-refractivity contribution >= 4 is 11.3 Å². The summed E-state index contributed by atoms with van der Waals surface area (Å²) in [7, 11) is 0. The van der Waals surface area contributed by atoms with Crippen LogP contribution in [0, 0.1) is 13.8 Å². The number of ether oxygens (including phenoxy) is 1. The Bertz CT molecular complexity index is 569. The molecule has 2 rings (SSSR count). The highest BCUT2D eigenvalue weighted by atomic mass is 32.1. The Morgan fingerprint density at radius 2 is 1.90 bits per heavy atom. The second kappa shape index (κ2) is 7.10. The van der Waals surface area contributed by atoms with Gasteiger partial charge in [-0.2, -0.15) is 0 Å². The van der Waals surface area contributed by atoms with E-state index < -0.39 is 0 Å². The van der Waals surface area contributed by atoms with Crippen LogP contribution in [0.4, 0.5) is 0 Å². The average molecular weight is 303 g/mol. The summed E-state index contributed by atoms with van der Waals surface area (Å²) in [6.07, 6.45) is 0.181. The molecule has 0 radical (unpaired) electrons. The summed E-state index contributed by atoms with van der Waals surface area (Å²) in [4.78, 5) is 2.74. The van der Waals surface area contributed by atoms with Crippen molar-refractivity contribution in [2.24, 2.45) is 0 Å². The van der Waals surface area contributed by atoms with E-state index in [0.717, 1.165) is 12.3 Å². The SMILES string of the molecule is CCNC(c1cc(C)c(C)s1)c1ccccc1OC(C)C. The van der Waals surface area contributed by atoms with Gasteiger partial charge in [0.05, 0.1) is 12.1 Å². The van der Waals surface area contributed by atoms with Crippen LogP contribution >= 0.6 is 11.3 Å². The average Bonchev–Trinajstić information content (AvgIpc) is 2.76. The van der Waals surface area contributed by atoms with E-state index in [9.17, 15) is 0 Å². The first-order valence-electron chi connectivity index (χ1n) is 7.58. The van der Waals surface area contributed by atoms with Crippen molar-refractivity contribution in [3.05, 3.63) is 51.2 Å². The fourth-order valence-electron chi connectivity index (χ4n) is 2.39. The highest BCUT2D eigenvalue weighted by Gasteiger charge is 2.20. The van der Waals surface area contributed by atoms with Gasteiger partial charge < -0.3 is 10.1 Å². The molecule has 2 aromatic rings. The summed E-state index contributed by atoms with van der Waals surface area (Å²) >= 11 is 1.87. The van der Waals surface area contributed by atoms with Crippen molar-refractivity contribution in [2.45, 2.75) is 46.8 Å². The molecule has 1 N–H and O–H groups in total. The van der Waals surface area contributed by atoms with Crippen LogP contribution in [0.5, 0.6) is 5.75 Å². The molecule has 0 saturated carbocycles. The van der Waals surface area contributed by atoms with Crippen LogP contribution in [-0.2, 0) is 0 Å². The smallest absolute Gasteiger partial charge is 0.124 e. The Hall–Kier alpha value is -1.32. The molecule has 0 amide bonds. The van der Waals surface area contributed by atoms with Gasteiger partial charge in [0.1, 0.15) is 5.75 Å². The molecule has 114 valence electrons. The molecular formula is C18H25NOS. The molecular weight excluding hydrogens is 278 g/mol. The molecule has 1 atom stereocenters. The minimum Gasteiger partial charge on any atom is -0.491 e. The first kappa shape index (κ1) is 16.1. The Labute approximate surface area is 132 Å². The standard InChI is InChI=1S/C18H25NOS/c1-6-19-18(17-11-13(4)14(5)21-17)15-9-7-8-10-16(15)20-12(2)3/h7-12,18-19H,6H2,1-5H3. The van der Waals surface area contributed by atoms with Gasteiger partial charge in [-0.15, -0.1) is 11.3 Å². The van der Waals surface area contributed by atoms with Gasteiger partial charge in [0, 0.05) is 15.3 Å². The van der Waals surface area contributed by atoms with Crippen molar-refractivity contribution in [2.75, 3.05) is 6.54 Å². The lowest BCUT2D eigenvalue weighted by molar-refractivity contribution is 0.238. The highest BCUT2D eigenvalue weighted by molar-refractivity contribution is 7.12. The normalized spacial score (nSPS) is 12.7. The maximum absolute atomic E-state index is 6.00. The van der Waals surface area contributed by atoms with Gasteiger partial charge in [-0.25, -0.2) is 0 Å². The third-order valence-corrected chi connectivity index (χ3v) is 4.69. The zero-order valence-corrected chi connectivity index (χ0v) is 14.4. The number of benzene rings is 1. The van der Waals surface area contributed by atoms with Gasteiger partial charge in [0.15, 0.2) is 0 Å². The van der Waals surface area contributed by atoms with E-state index in [0.29, 0.717) is 0 Å². The van der Waals surface area contributed by atoms with Crippen LogP contribution < -0.4 is 10.1 Å². The van der Waals surface area contributed by atoms with Gasteiger partial charge in [0.25, 0.3) is 0 Å². The molecule has 1 aromatic heterocycles. The van der Waals surface area contributed by atoms with Crippen molar-refractivity contribution in [3.63, 3.8) is 0 Å². The summed E-state index contributed by atoms with van der Waals surface area (Å²) < 4.78 is 6.00. The fraction of sp³-hybridized carbons (Fsp3) is 0.444. The first-order chi connectivity index (χ1) is 10.0. The minimum absolute atomic E-state index is 0.181. The Morgan fingerprint density at radius 3 is 2.48 bits per heavy atom. The van der Waals surface area contributed by atoms with Crippen LogP contribution in [0.2, 0.25) is 0 Å². The largest absolute Gasteiger partial charge is 0.491 e.